The highest BCUT2D eigenvalue weighted by Gasteiger charge is 2.26. The molecule has 0 aliphatic carbocycles. The van der Waals surface area contributed by atoms with Crippen molar-refractivity contribution in [3.63, 3.8) is 0 Å². The molecule has 0 radical (unpaired) electrons. The van der Waals surface area contributed by atoms with Crippen molar-refractivity contribution >= 4 is 18.0 Å². The maximum absolute atomic E-state index is 12.7. The Morgan fingerprint density at radius 1 is 1.29 bits per heavy atom. The molecule has 1 aromatic carbocycles. The predicted molar refractivity (Wildman–Crippen MR) is 102 cm³/mol. The molecule has 2 rings (SSSR count). The molecule has 2 N–H and O–H groups in total. The highest BCUT2D eigenvalue weighted by atomic mass is 16.6. The van der Waals surface area contributed by atoms with Crippen LogP contribution in [0, 0.1) is 0 Å². The maximum atomic E-state index is 12.7. The molecule has 154 valence electrons. The molecule has 1 aliphatic heterocycles. The lowest BCUT2D eigenvalue weighted by Crippen LogP contribution is -2.50. The van der Waals surface area contributed by atoms with Crippen LogP contribution < -0.4 is 10.1 Å². The molecule has 0 aromatic heterocycles. The minimum atomic E-state index is -1.06. The van der Waals surface area contributed by atoms with Crippen LogP contribution in [0.1, 0.15) is 39.2 Å². The fraction of sp³-hybridized carbons (Fsp3) is 0.550. The van der Waals surface area contributed by atoms with Gasteiger partial charge in [-0.05, 0) is 51.3 Å². The number of amides is 2. The summed E-state index contributed by atoms with van der Waals surface area (Å²) in [6.07, 6.45) is 1.30. The van der Waals surface area contributed by atoms with Gasteiger partial charge in [0.05, 0.1) is 6.42 Å². The third-order valence-corrected chi connectivity index (χ3v) is 4.11. The van der Waals surface area contributed by atoms with Gasteiger partial charge in [0.15, 0.2) is 6.61 Å². The van der Waals surface area contributed by atoms with Gasteiger partial charge >= 0.3 is 12.1 Å². The zero-order chi connectivity index (χ0) is 20.7. The zero-order valence-corrected chi connectivity index (χ0v) is 16.6. The molecule has 1 fully saturated rings. The van der Waals surface area contributed by atoms with E-state index in [1.807, 2.05) is 0 Å². The summed E-state index contributed by atoms with van der Waals surface area (Å²) in [7, 11) is 0. The number of aliphatic carboxylic acids is 1. The molecule has 1 aromatic rings. The van der Waals surface area contributed by atoms with E-state index in [4.69, 9.17) is 14.6 Å². The Morgan fingerprint density at radius 2 is 2.04 bits per heavy atom. The van der Waals surface area contributed by atoms with Gasteiger partial charge in [0.25, 0.3) is 0 Å². The number of carboxylic acids is 1. The van der Waals surface area contributed by atoms with Crippen LogP contribution in [0.25, 0.3) is 0 Å². The average Bonchev–Trinajstić information content (AvgIpc) is 2.59. The summed E-state index contributed by atoms with van der Waals surface area (Å²) >= 11 is 0. The number of carbonyl (C=O) groups is 3. The lowest BCUT2D eigenvalue weighted by atomic mass is 10.0. The van der Waals surface area contributed by atoms with Crippen molar-refractivity contribution < 1.29 is 29.0 Å². The number of alkyl carbamates (subject to hydrolysis) is 1. The summed E-state index contributed by atoms with van der Waals surface area (Å²) in [5.41, 5.74) is 0.178. The van der Waals surface area contributed by atoms with Gasteiger partial charge in [-0.2, -0.15) is 0 Å². The van der Waals surface area contributed by atoms with Crippen LogP contribution in [-0.4, -0.2) is 59.3 Å². The minimum absolute atomic E-state index is 0.0499. The number of likely N-dealkylation sites (tertiary alicyclic amines) is 1. The first-order chi connectivity index (χ1) is 13.1. The normalized spacial score (nSPS) is 17.0. The standard InChI is InChI=1S/C20H28N2O6/c1-20(2,3)28-19(26)21-15-7-5-9-22(12-15)17(23)11-14-6-4-8-16(10-14)27-13-18(24)25/h4,6,8,10,15H,5,7,9,11-13H2,1-3H3,(H,21,26)(H,24,25). The third-order valence-electron chi connectivity index (χ3n) is 4.11. The molecule has 28 heavy (non-hydrogen) atoms. The largest absolute Gasteiger partial charge is 0.482 e. The number of piperidine rings is 1. The summed E-state index contributed by atoms with van der Waals surface area (Å²) in [5, 5.41) is 11.5. The van der Waals surface area contributed by atoms with Crippen LogP contribution >= 0.6 is 0 Å². The second kappa shape index (κ2) is 9.43. The molecule has 1 atom stereocenters. The Bertz CT molecular complexity index is 713. The monoisotopic (exact) mass is 392 g/mol. The minimum Gasteiger partial charge on any atom is -0.482 e. The van der Waals surface area contributed by atoms with Gasteiger partial charge in [-0.15, -0.1) is 0 Å². The summed E-state index contributed by atoms with van der Waals surface area (Å²) < 4.78 is 10.4. The summed E-state index contributed by atoms with van der Waals surface area (Å²) in [4.78, 5) is 36.9. The Kier molecular flexibility index (Phi) is 7.25. The van der Waals surface area contributed by atoms with E-state index in [9.17, 15) is 14.4 Å². The van der Waals surface area contributed by atoms with Gasteiger partial charge in [0.1, 0.15) is 11.4 Å². The fourth-order valence-corrected chi connectivity index (χ4v) is 2.97. The van der Waals surface area contributed by atoms with Crippen molar-refractivity contribution in [3.05, 3.63) is 29.8 Å². The fourth-order valence-electron chi connectivity index (χ4n) is 2.97. The second-order valence-electron chi connectivity index (χ2n) is 7.83. The van der Waals surface area contributed by atoms with Crippen molar-refractivity contribution in [1.29, 1.82) is 0 Å². The van der Waals surface area contributed by atoms with Crippen molar-refractivity contribution in [2.24, 2.45) is 0 Å². The van der Waals surface area contributed by atoms with E-state index in [0.29, 0.717) is 18.8 Å². The van der Waals surface area contributed by atoms with Gasteiger partial charge in [-0.25, -0.2) is 9.59 Å². The first-order valence-corrected chi connectivity index (χ1v) is 9.33. The van der Waals surface area contributed by atoms with Crippen molar-refractivity contribution in [3.8, 4) is 5.75 Å². The first kappa shape index (κ1) is 21.5. The second-order valence-corrected chi connectivity index (χ2v) is 7.83. The third kappa shape index (κ3) is 7.46. The van der Waals surface area contributed by atoms with Crippen LogP contribution in [0.4, 0.5) is 4.79 Å². The summed E-state index contributed by atoms with van der Waals surface area (Å²) in [6, 6.07) is 6.70. The van der Waals surface area contributed by atoms with Crippen LogP contribution in [0.2, 0.25) is 0 Å². The molecule has 8 nitrogen and oxygen atoms in total. The molecular weight excluding hydrogens is 364 g/mol. The van der Waals surface area contributed by atoms with Gasteiger partial charge in [-0.1, -0.05) is 12.1 Å². The van der Waals surface area contributed by atoms with E-state index >= 15 is 0 Å². The molecule has 1 unspecified atom stereocenters. The molecular formula is C20H28N2O6. The Balaban J connectivity index is 1.89. The molecule has 0 bridgehead atoms. The van der Waals surface area contributed by atoms with Crippen molar-refractivity contribution in [2.75, 3.05) is 19.7 Å². The average molecular weight is 392 g/mol. The van der Waals surface area contributed by atoms with Crippen molar-refractivity contribution in [1.82, 2.24) is 10.2 Å². The van der Waals surface area contributed by atoms with Gasteiger partial charge in [-0.3, -0.25) is 4.79 Å². The van der Waals surface area contributed by atoms with E-state index in [1.165, 1.54) is 0 Å². The molecule has 8 heteroatoms. The highest BCUT2D eigenvalue weighted by Crippen LogP contribution is 2.17. The Morgan fingerprint density at radius 3 is 2.71 bits per heavy atom. The molecule has 1 saturated heterocycles. The number of carboxylic acid groups (broad SMARTS) is 1. The number of ether oxygens (including phenoxy) is 2. The zero-order valence-electron chi connectivity index (χ0n) is 16.6. The Labute approximate surface area is 164 Å². The smallest absolute Gasteiger partial charge is 0.407 e. The number of rotatable bonds is 6. The quantitative estimate of drug-likeness (QED) is 0.769. The number of nitrogens with zero attached hydrogens (tertiary/aromatic N) is 1. The van der Waals surface area contributed by atoms with Crippen LogP contribution in [0.5, 0.6) is 5.75 Å². The molecule has 1 aliphatic rings. The topological polar surface area (TPSA) is 105 Å². The lowest BCUT2D eigenvalue weighted by Gasteiger charge is -2.33. The van der Waals surface area contributed by atoms with E-state index in [0.717, 1.165) is 18.4 Å². The maximum Gasteiger partial charge on any atom is 0.407 e. The van der Waals surface area contributed by atoms with Crippen LogP contribution in [0.3, 0.4) is 0 Å². The predicted octanol–water partition coefficient (Wildman–Crippen LogP) is 2.21. The van der Waals surface area contributed by atoms with Crippen molar-refractivity contribution in [2.45, 2.75) is 51.7 Å². The van der Waals surface area contributed by atoms with Crippen LogP contribution in [-0.2, 0) is 20.7 Å². The van der Waals surface area contributed by atoms with Crippen LogP contribution in [0.15, 0.2) is 24.3 Å². The van der Waals surface area contributed by atoms with E-state index < -0.39 is 24.3 Å². The number of hydrogen-bond donors (Lipinski definition) is 2. The highest BCUT2D eigenvalue weighted by molar-refractivity contribution is 5.79. The van der Waals surface area contributed by atoms with Gasteiger partial charge in [0, 0.05) is 19.1 Å². The van der Waals surface area contributed by atoms with E-state index in [-0.39, 0.29) is 18.4 Å². The first-order valence-electron chi connectivity index (χ1n) is 9.33. The molecule has 0 spiro atoms. The van der Waals surface area contributed by atoms with Gasteiger partial charge < -0.3 is 24.8 Å². The Hall–Kier alpha value is -2.77. The molecule has 0 saturated carbocycles. The lowest BCUT2D eigenvalue weighted by molar-refractivity contribution is -0.139. The summed E-state index contributed by atoms with van der Waals surface area (Å²) in [6.45, 7) is 6.06. The van der Waals surface area contributed by atoms with E-state index in [2.05, 4.69) is 5.32 Å². The number of nitrogens with one attached hydrogen (secondary N) is 1. The van der Waals surface area contributed by atoms with E-state index in [1.54, 1.807) is 49.9 Å². The number of benzene rings is 1. The SMILES string of the molecule is CC(C)(C)OC(=O)NC1CCCN(C(=O)Cc2cccc(OCC(=O)O)c2)C1. The number of carbonyl (C=O) groups excluding carboxylic acids is 2. The number of hydrogen-bond acceptors (Lipinski definition) is 5. The molecule has 1 heterocycles. The molecule has 2 amide bonds. The van der Waals surface area contributed by atoms with Gasteiger partial charge in [0.2, 0.25) is 5.91 Å². The summed E-state index contributed by atoms with van der Waals surface area (Å²) in [5.74, 6) is -0.694.